The Bertz CT molecular complexity index is 507. The molecular formula is C17H25NO3. The lowest BCUT2D eigenvalue weighted by Crippen LogP contribution is -2.56. The van der Waals surface area contributed by atoms with Crippen LogP contribution in [0.2, 0.25) is 0 Å². The van der Waals surface area contributed by atoms with E-state index in [4.69, 9.17) is 9.47 Å². The molecule has 2 rings (SSSR count). The molecule has 0 aliphatic carbocycles. The number of rotatable bonds is 4. The van der Waals surface area contributed by atoms with E-state index in [-0.39, 0.29) is 11.2 Å². The number of benzene rings is 1. The van der Waals surface area contributed by atoms with Gasteiger partial charge in [-0.1, -0.05) is 0 Å². The van der Waals surface area contributed by atoms with E-state index in [0.717, 1.165) is 37.2 Å². The third-order valence-electron chi connectivity index (χ3n) is 3.60. The second-order valence-corrected chi connectivity index (χ2v) is 6.96. The van der Waals surface area contributed by atoms with Crippen molar-refractivity contribution in [2.75, 3.05) is 20.2 Å². The summed E-state index contributed by atoms with van der Waals surface area (Å²) in [5.41, 5.74) is 1.35. The Morgan fingerprint density at radius 1 is 1.24 bits per heavy atom. The average Bonchev–Trinajstić information content (AvgIpc) is 2.34. The molecule has 0 bridgehead atoms. The van der Waals surface area contributed by atoms with Gasteiger partial charge in [-0.05, 0) is 45.9 Å². The van der Waals surface area contributed by atoms with Crippen molar-refractivity contribution < 1.29 is 14.3 Å². The Morgan fingerprint density at radius 2 is 1.86 bits per heavy atom. The maximum atomic E-state index is 11.0. The molecule has 1 aliphatic heterocycles. The Kier molecular flexibility index (Phi) is 4.40. The zero-order valence-corrected chi connectivity index (χ0v) is 13.6. The van der Waals surface area contributed by atoms with Crippen LogP contribution in [0.25, 0.3) is 0 Å². The van der Waals surface area contributed by atoms with Gasteiger partial charge in [-0.15, -0.1) is 0 Å². The number of nitrogens with zero attached hydrogens (tertiary/aromatic N) is 1. The Morgan fingerprint density at radius 3 is 2.38 bits per heavy atom. The summed E-state index contributed by atoms with van der Waals surface area (Å²) in [5.74, 6) is 0.822. The van der Waals surface area contributed by atoms with Gasteiger partial charge in [0.05, 0.1) is 18.3 Å². The van der Waals surface area contributed by atoms with Crippen LogP contribution in [0, 0.1) is 0 Å². The minimum Gasteiger partial charge on any atom is -0.496 e. The normalized spacial score (nSPS) is 21.0. The first-order valence-corrected chi connectivity index (χ1v) is 7.29. The van der Waals surface area contributed by atoms with Crippen LogP contribution in [0.3, 0.4) is 0 Å². The summed E-state index contributed by atoms with van der Waals surface area (Å²) >= 11 is 0. The van der Waals surface area contributed by atoms with E-state index in [2.05, 4.69) is 32.6 Å². The number of aldehydes is 1. The van der Waals surface area contributed by atoms with Crippen molar-refractivity contribution in [1.82, 2.24) is 4.90 Å². The van der Waals surface area contributed by atoms with Crippen molar-refractivity contribution in [2.45, 2.75) is 45.4 Å². The van der Waals surface area contributed by atoms with Crippen LogP contribution in [0.1, 0.15) is 43.6 Å². The number of carbonyl (C=O) groups is 1. The van der Waals surface area contributed by atoms with Crippen LogP contribution < -0.4 is 4.74 Å². The standard InChI is InChI=1S/C17H25NO3/c1-16(2)11-18(12-17(3,4)21-16)9-14-8-13(10-19)6-7-15(14)20-5/h6-8,10H,9,11-12H2,1-5H3. The van der Waals surface area contributed by atoms with E-state index < -0.39 is 0 Å². The highest BCUT2D eigenvalue weighted by molar-refractivity contribution is 5.75. The maximum Gasteiger partial charge on any atom is 0.150 e. The van der Waals surface area contributed by atoms with E-state index in [1.54, 1.807) is 13.2 Å². The molecule has 0 aromatic heterocycles. The van der Waals surface area contributed by atoms with Gasteiger partial charge in [0, 0.05) is 30.8 Å². The lowest BCUT2D eigenvalue weighted by Gasteiger charge is -2.47. The van der Waals surface area contributed by atoms with Gasteiger partial charge in [-0.3, -0.25) is 9.69 Å². The lowest BCUT2D eigenvalue weighted by atomic mass is 9.98. The quantitative estimate of drug-likeness (QED) is 0.800. The van der Waals surface area contributed by atoms with Crippen LogP contribution in [-0.4, -0.2) is 42.6 Å². The van der Waals surface area contributed by atoms with Gasteiger partial charge in [0.15, 0.2) is 0 Å². The summed E-state index contributed by atoms with van der Waals surface area (Å²) in [6.07, 6.45) is 0.871. The number of morpholine rings is 1. The van der Waals surface area contributed by atoms with Crippen molar-refractivity contribution in [2.24, 2.45) is 0 Å². The number of ether oxygens (including phenoxy) is 2. The second-order valence-electron chi connectivity index (χ2n) is 6.96. The molecule has 0 saturated carbocycles. The third-order valence-corrected chi connectivity index (χ3v) is 3.60. The molecule has 1 saturated heterocycles. The molecule has 1 aromatic rings. The zero-order chi connectivity index (χ0) is 15.7. The van der Waals surface area contributed by atoms with Crippen LogP contribution in [0.5, 0.6) is 5.75 Å². The lowest BCUT2D eigenvalue weighted by molar-refractivity contribution is -0.182. The highest BCUT2D eigenvalue weighted by Crippen LogP contribution is 2.30. The largest absolute Gasteiger partial charge is 0.496 e. The van der Waals surface area contributed by atoms with Crippen molar-refractivity contribution in [3.8, 4) is 5.75 Å². The molecule has 0 spiro atoms. The van der Waals surface area contributed by atoms with E-state index in [0.29, 0.717) is 5.56 Å². The predicted octanol–water partition coefficient (Wildman–Crippen LogP) is 2.90. The van der Waals surface area contributed by atoms with Gasteiger partial charge in [-0.2, -0.15) is 0 Å². The van der Waals surface area contributed by atoms with Gasteiger partial charge < -0.3 is 9.47 Å². The zero-order valence-electron chi connectivity index (χ0n) is 13.6. The fraction of sp³-hybridized carbons (Fsp3) is 0.588. The second kappa shape index (κ2) is 5.78. The molecule has 4 nitrogen and oxygen atoms in total. The predicted molar refractivity (Wildman–Crippen MR) is 82.9 cm³/mol. The molecule has 0 amide bonds. The third kappa shape index (κ3) is 4.05. The van der Waals surface area contributed by atoms with Gasteiger partial charge >= 0.3 is 0 Å². The van der Waals surface area contributed by atoms with Crippen LogP contribution in [-0.2, 0) is 11.3 Å². The first-order chi connectivity index (χ1) is 9.74. The molecule has 1 fully saturated rings. The highest BCUT2D eigenvalue weighted by Gasteiger charge is 2.38. The van der Waals surface area contributed by atoms with Crippen molar-refractivity contribution in [1.29, 1.82) is 0 Å². The fourth-order valence-corrected chi connectivity index (χ4v) is 3.29. The maximum absolute atomic E-state index is 11.0. The molecule has 116 valence electrons. The molecule has 1 aliphatic rings. The molecule has 1 aromatic carbocycles. The van der Waals surface area contributed by atoms with E-state index in [9.17, 15) is 4.79 Å². The Hall–Kier alpha value is -1.39. The van der Waals surface area contributed by atoms with Crippen LogP contribution in [0.15, 0.2) is 18.2 Å². The van der Waals surface area contributed by atoms with Crippen molar-refractivity contribution >= 4 is 6.29 Å². The first-order valence-electron chi connectivity index (χ1n) is 7.29. The molecule has 0 N–H and O–H groups in total. The number of hydrogen-bond donors (Lipinski definition) is 0. The van der Waals surface area contributed by atoms with Gasteiger partial charge in [0.2, 0.25) is 0 Å². The van der Waals surface area contributed by atoms with E-state index in [1.165, 1.54) is 0 Å². The van der Waals surface area contributed by atoms with Gasteiger partial charge in [-0.25, -0.2) is 0 Å². The molecule has 0 atom stereocenters. The summed E-state index contributed by atoms with van der Waals surface area (Å²) in [7, 11) is 1.66. The SMILES string of the molecule is COc1ccc(C=O)cc1CN1CC(C)(C)OC(C)(C)C1. The molecule has 4 heteroatoms. The molecule has 0 radical (unpaired) electrons. The van der Waals surface area contributed by atoms with Crippen molar-refractivity contribution in [3.63, 3.8) is 0 Å². The molecule has 21 heavy (non-hydrogen) atoms. The number of methoxy groups -OCH3 is 1. The minimum atomic E-state index is -0.183. The number of hydrogen-bond acceptors (Lipinski definition) is 4. The summed E-state index contributed by atoms with van der Waals surface area (Å²) in [4.78, 5) is 13.3. The topological polar surface area (TPSA) is 38.8 Å². The fourth-order valence-electron chi connectivity index (χ4n) is 3.29. The molecular weight excluding hydrogens is 266 g/mol. The highest BCUT2D eigenvalue weighted by atomic mass is 16.5. The van der Waals surface area contributed by atoms with Gasteiger partial charge in [0.1, 0.15) is 12.0 Å². The first kappa shape index (κ1) is 16.0. The molecule has 1 heterocycles. The molecule has 0 unspecified atom stereocenters. The van der Waals surface area contributed by atoms with Gasteiger partial charge in [0.25, 0.3) is 0 Å². The summed E-state index contributed by atoms with van der Waals surface area (Å²) in [5, 5.41) is 0. The summed E-state index contributed by atoms with van der Waals surface area (Å²) < 4.78 is 11.5. The Balaban J connectivity index is 2.22. The van der Waals surface area contributed by atoms with Crippen LogP contribution >= 0.6 is 0 Å². The van der Waals surface area contributed by atoms with Crippen LogP contribution in [0.4, 0.5) is 0 Å². The van der Waals surface area contributed by atoms with E-state index in [1.807, 2.05) is 12.1 Å². The monoisotopic (exact) mass is 291 g/mol. The minimum absolute atomic E-state index is 0.183. The summed E-state index contributed by atoms with van der Waals surface area (Å²) in [6, 6.07) is 5.54. The average molecular weight is 291 g/mol. The van der Waals surface area contributed by atoms with E-state index >= 15 is 0 Å². The van der Waals surface area contributed by atoms with Crippen molar-refractivity contribution in [3.05, 3.63) is 29.3 Å². The smallest absolute Gasteiger partial charge is 0.150 e. The summed E-state index contributed by atoms with van der Waals surface area (Å²) in [6.45, 7) is 10.9. The Labute approximate surface area is 127 Å². The number of carbonyl (C=O) groups excluding carboxylic acids is 1.